The Morgan fingerprint density at radius 2 is 2.16 bits per heavy atom. The van der Waals surface area contributed by atoms with E-state index in [1.807, 2.05) is 0 Å². The van der Waals surface area contributed by atoms with Gasteiger partial charge in [-0.25, -0.2) is 4.79 Å². The molecule has 0 aromatic heterocycles. The number of rotatable bonds is 6. The smallest absolute Gasteiger partial charge is 0.330 e. The van der Waals surface area contributed by atoms with Crippen molar-refractivity contribution in [2.45, 2.75) is 12.6 Å². The van der Waals surface area contributed by atoms with Gasteiger partial charge in [-0.05, 0) is 40.7 Å². The lowest BCUT2D eigenvalue weighted by Gasteiger charge is -2.12. The third kappa shape index (κ3) is 4.22. The molecule has 0 saturated carbocycles. The van der Waals surface area contributed by atoms with E-state index in [4.69, 9.17) is 9.84 Å². The molecule has 0 radical (unpaired) electrons. The first-order valence-corrected chi connectivity index (χ1v) is 6.29. The number of carbonyl (C=O) groups excluding carboxylic acids is 1. The minimum Gasteiger partial charge on any atom is -0.496 e. The predicted octanol–water partition coefficient (Wildman–Crippen LogP) is 0.747. The standard InChI is InChI=1S/C12H15BrN2O4/c1-14-10(12(17)18)11(16)15-6-7-3-4-9(19-2)8(13)5-7/h3-5,10,14H,6H2,1-2H3,(H,15,16)(H,17,18). The normalized spacial score (nSPS) is 11.7. The molecule has 0 aliphatic carbocycles. The second-order valence-electron chi connectivity index (χ2n) is 3.75. The average Bonchev–Trinajstić information content (AvgIpc) is 2.37. The molecule has 1 aromatic carbocycles. The van der Waals surface area contributed by atoms with Crippen LogP contribution < -0.4 is 15.4 Å². The van der Waals surface area contributed by atoms with Gasteiger partial charge in [0, 0.05) is 6.54 Å². The van der Waals surface area contributed by atoms with Crippen LogP contribution in [0.15, 0.2) is 22.7 Å². The largest absolute Gasteiger partial charge is 0.496 e. The van der Waals surface area contributed by atoms with Crippen molar-refractivity contribution in [3.8, 4) is 5.75 Å². The lowest BCUT2D eigenvalue weighted by Crippen LogP contribution is -2.47. The number of amides is 1. The molecule has 0 fully saturated rings. The van der Waals surface area contributed by atoms with Crippen LogP contribution in [0.3, 0.4) is 0 Å². The van der Waals surface area contributed by atoms with Crippen molar-refractivity contribution in [3.63, 3.8) is 0 Å². The Labute approximate surface area is 119 Å². The second kappa shape index (κ2) is 7.10. The number of ether oxygens (including phenoxy) is 1. The molecule has 0 saturated heterocycles. The summed E-state index contributed by atoms with van der Waals surface area (Å²) in [6.07, 6.45) is 0. The van der Waals surface area contributed by atoms with Crippen molar-refractivity contribution in [1.82, 2.24) is 10.6 Å². The van der Waals surface area contributed by atoms with Crippen molar-refractivity contribution < 1.29 is 19.4 Å². The van der Waals surface area contributed by atoms with Gasteiger partial charge in [0.25, 0.3) is 0 Å². The highest BCUT2D eigenvalue weighted by Gasteiger charge is 2.23. The number of carboxylic acid groups (broad SMARTS) is 1. The first-order chi connectivity index (χ1) is 8.99. The van der Waals surface area contributed by atoms with Gasteiger partial charge in [0.05, 0.1) is 11.6 Å². The number of aliphatic carboxylic acids is 1. The fourth-order valence-corrected chi connectivity index (χ4v) is 2.07. The van der Waals surface area contributed by atoms with Gasteiger partial charge in [-0.3, -0.25) is 10.1 Å². The van der Waals surface area contributed by atoms with Gasteiger partial charge in [-0.15, -0.1) is 0 Å². The summed E-state index contributed by atoms with van der Waals surface area (Å²) in [7, 11) is 2.98. The van der Waals surface area contributed by atoms with Crippen LogP contribution in [0.1, 0.15) is 5.56 Å². The highest BCUT2D eigenvalue weighted by molar-refractivity contribution is 9.10. The first-order valence-electron chi connectivity index (χ1n) is 5.49. The van der Waals surface area contributed by atoms with Crippen LogP contribution in [0.25, 0.3) is 0 Å². The van der Waals surface area contributed by atoms with Crippen molar-refractivity contribution in [2.24, 2.45) is 0 Å². The van der Waals surface area contributed by atoms with Crippen LogP contribution in [-0.4, -0.2) is 37.2 Å². The molecule has 19 heavy (non-hydrogen) atoms. The van der Waals surface area contributed by atoms with E-state index in [1.165, 1.54) is 7.05 Å². The maximum absolute atomic E-state index is 11.6. The third-order valence-corrected chi connectivity index (χ3v) is 3.10. The predicted molar refractivity (Wildman–Crippen MR) is 73.0 cm³/mol. The number of hydrogen-bond donors (Lipinski definition) is 3. The molecule has 0 bridgehead atoms. The van der Waals surface area contributed by atoms with Gasteiger partial charge < -0.3 is 15.2 Å². The Morgan fingerprint density at radius 1 is 1.47 bits per heavy atom. The fourth-order valence-electron chi connectivity index (χ4n) is 1.48. The average molecular weight is 331 g/mol. The zero-order chi connectivity index (χ0) is 14.4. The molecular weight excluding hydrogens is 316 g/mol. The quantitative estimate of drug-likeness (QED) is 0.670. The van der Waals surface area contributed by atoms with E-state index in [0.717, 1.165) is 10.0 Å². The molecule has 3 N–H and O–H groups in total. The van der Waals surface area contributed by atoms with E-state index < -0.39 is 17.9 Å². The van der Waals surface area contributed by atoms with Crippen LogP contribution in [0.5, 0.6) is 5.75 Å². The number of methoxy groups -OCH3 is 1. The van der Waals surface area contributed by atoms with Crippen molar-refractivity contribution in [2.75, 3.05) is 14.2 Å². The van der Waals surface area contributed by atoms with Gasteiger partial charge in [-0.2, -0.15) is 0 Å². The van der Waals surface area contributed by atoms with Crippen LogP contribution in [-0.2, 0) is 16.1 Å². The number of benzene rings is 1. The maximum atomic E-state index is 11.6. The van der Waals surface area contributed by atoms with Gasteiger partial charge in [0.1, 0.15) is 5.75 Å². The molecule has 0 aliphatic rings. The monoisotopic (exact) mass is 330 g/mol. The summed E-state index contributed by atoms with van der Waals surface area (Å²) in [6.45, 7) is 0.243. The summed E-state index contributed by atoms with van der Waals surface area (Å²) >= 11 is 3.34. The third-order valence-electron chi connectivity index (χ3n) is 2.48. The lowest BCUT2D eigenvalue weighted by molar-refractivity contribution is -0.143. The highest BCUT2D eigenvalue weighted by atomic mass is 79.9. The number of likely N-dealkylation sites (N-methyl/N-ethyl adjacent to an activating group) is 1. The Balaban J connectivity index is 2.64. The molecule has 104 valence electrons. The SMILES string of the molecule is CNC(C(=O)O)C(=O)NCc1ccc(OC)c(Br)c1. The Bertz CT molecular complexity index is 479. The number of nitrogens with one attached hydrogen (secondary N) is 2. The Hall–Kier alpha value is -1.60. The van der Waals surface area contributed by atoms with Crippen LogP contribution in [0.4, 0.5) is 0 Å². The summed E-state index contributed by atoms with van der Waals surface area (Å²) in [5.41, 5.74) is 0.835. The number of hydrogen-bond acceptors (Lipinski definition) is 4. The minimum absolute atomic E-state index is 0.243. The second-order valence-corrected chi connectivity index (χ2v) is 4.60. The highest BCUT2D eigenvalue weighted by Crippen LogP contribution is 2.25. The van der Waals surface area contributed by atoms with Gasteiger partial charge in [-0.1, -0.05) is 6.07 Å². The summed E-state index contributed by atoms with van der Waals surface area (Å²) < 4.78 is 5.86. The molecule has 0 aliphatic heterocycles. The molecule has 0 heterocycles. The first kappa shape index (κ1) is 15.5. The molecule has 1 unspecified atom stereocenters. The van der Waals surface area contributed by atoms with Crippen molar-refractivity contribution >= 4 is 27.8 Å². The Morgan fingerprint density at radius 3 is 2.63 bits per heavy atom. The molecule has 1 aromatic rings. The van der Waals surface area contributed by atoms with E-state index in [9.17, 15) is 9.59 Å². The molecule has 6 nitrogen and oxygen atoms in total. The van der Waals surface area contributed by atoms with Crippen LogP contribution in [0, 0.1) is 0 Å². The molecule has 7 heteroatoms. The van der Waals surface area contributed by atoms with Gasteiger partial charge in [0.15, 0.2) is 6.04 Å². The minimum atomic E-state index is -1.25. The molecular formula is C12H15BrN2O4. The topological polar surface area (TPSA) is 87.7 Å². The van der Waals surface area contributed by atoms with Gasteiger partial charge in [0.2, 0.25) is 5.91 Å². The summed E-state index contributed by atoms with van der Waals surface area (Å²) in [5, 5.41) is 13.8. The molecule has 1 rings (SSSR count). The maximum Gasteiger partial charge on any atom is 0.330 e. The zero-order valence-electron chi connectivity index (χ0n) is 10.6. The van der Waals surface area contributed by atoms with Gasteiger partial charge >= 0.3 is 5.97 Å². The molecule has 1 atom stereocenters. The summed E-state index contributed by atoms with van der Waals surface area (Å²) in [4.78, 5) is 22.4. The zero-order valence-corrected chi connectivity index (χ0v) is 12.2. The van der Waals surface area contributed by atoms with E-state index in [0.29, 0.717) is 5.75 Å². The van der Waals surface area contributed by atoms with E-state index in [-0.39, 0.29) is 6.54 Å². The summed E-state index contributed by atoms with van der Waals surface area (Å²) in [5.74, 6) is -1.11. The van der Waals surface area contributed by atoms with Crippen LogP contribution >= 0.6 is 15.9 Å². The van der Waals surface area contributed by atoms with Crippen LogP contribution in [0.2, 0.25) is 0 Å². The molecule has 0 spiro atoms. The van der Waals surface area contributed by atoms with E-state index in [1.54, 1.807) is 25.3 Å². The van der Waals surface area contributed by atoms with E-state index in [2.05, 4.69) is 26.6 Å². The fraction of sp³-hybridized carbons (Fsp3) is 0.333. The number of carbonyl (C=O) groups is 2. The summed E-state index contributed by atoms with van der Waals surface area (Å²) in [6, 6.07) is 4.10. The number of carboxylic acids is 1. The number of halogens is 1. The lowest BCUT2D eigenvalue weighted by atomic mass is 10.2. The van der Waals surface area contributed by atoms with E-state index >= 15 is 0 Å². The van der Waals surface area contributed by atoms with Crippen molar-refractivity contribution in [3.05, 3.63) is 28.2 Å². The Kier molecular flexibility index (Phi) is 5.78. The molecule has 1 amide bonds. The van der Waals surface area contributed by atoms with Crippen molar-refractivity contribution in [1.29, 1.82) is 0 Å².